The molecule has 0 aliphatic carbocycles. The van der Waals surface area contributed by atoms with E-state index in [1.165, 1.54) is 0 Å². The summed E-state index contributed by atoms with van der Waals surface area (Å²) < 4.78 is 11.5. The number of carbonyl (C=O) groups is 1. The molecule has 0 atom stereocenters. The van der Waals surface area contributed by atoms with Crippen LogP contribution in [0.4, 0.5) is 0 Å². The third-order valence-electron chi connectivity index (χ3n) is 2.70. The molecule has 0 bridgehead atoms. The van der Waals surface area contributed by atoms with Gasteiger partial charge in [0.25, 0.3) is 5.91 Å². The van der Waals surface area contributed by atoms with Crippen LogP contribution in [0.25, 0.3) is 0 Å². The zero-order chi connectivity index (χ0) is 15.1. The van der Waals surface area contributed by atoms with Crippen LogP contribution in [-0.2, 0) is 11.3 Å². The van der Waals surface area contributed by atoms with E-state index in [4.69, 9.17) is 9.47 Å². The van der Waals surface area contributed by atoms with Crippen LogP contribution in [-0.4, -0.2) is 24.6 Å². The van der Waals surface area contributed by atoms with Gasteiger partial charge in [-0.05, 0) is 30.3 Å². The third-order valence-corrected chi connectivity index (χ3v) is 3.23. The molecule has 1 N–H and O–H groups in total. The summed E-state index contributed by atoms with van der Waals surface area (Å²) in [4.78, 5) is 15.8. The fraction of sp³-hybridized carbons (Fsp3) is 0.200. The smallest absolute Gasteiger partial charge is 0.258 e. The molecule has 6 heteroatoms. The summed E-state index contributed by atoms with van der Waals surface area (Å²) in [6, 6.07) is 10.9. The first-order valence-electron chi connectivity index (χ1n) is 6.32. The van der Waals surface area contributed by atoms with E-state index in [1.807, 2.05) is 18.2 Å². The first-order chi connectivity index (χ1) is 10.2. The first-order valence-corrected chi connectivity index (χ1v) is 7.11. The average molecular weight is 351 g/mol. The summed E-state index contributed by atoms with van der Waals surface area (Å²) in [5, 5.41) is 2.76. The largest absolute Gasteiger partial charge is 0.484 e. The van der Waals surface area contributed by atoms with Gasteiger partial charge in [-0.15, -0.1) is 0 Å². The highest BCUT2D eigenvalue weighted by atomic mass is 79.9. The second-order valence-electron chi connectivity index (χ2n) is 4.19. The molecule has 0 aliphatic rings. The second-order valence-corrected chi connectivity index (χ2v) is 5.11. The number of amides is 1. The van der Waals surface area contributed by atoms with E-state index in [2.05, 4.69) is 26.2 Å². The lowest BCUT2D eigenvalue weighted by Gasteiger charge is -2.09. The molecular formula is C15H15BrN2O3. The van der Waals surface area contributed by atoms with Crippen LogP contribution in [0.1, 0.15) is 5.56 Å². The van der Waals surface area contributed by atoms with E-state index in [1.54, 1.807) is 31.5 Å². The normalized spacial score (nSPS) is 10.0. The number of hydrogen-bond acceptors (Lipinski definition) is 4. The number of rotatable bonds is 6. The van der Waals surface area contributed by atoms with Gasteiger partial charge >= 0.3 is 0 Å². The minimum atomic E-state index is -0.205. The Hall–Kier alpha value is -2.08. The van der Waals surface area contributed by atoms with Crippen LogP contribution in [0.2, 0.25) is 0 Å². The van der Waals surface area contributed by atoms with Gasteiger partial charge in [0.15, 0.2) is 6.61 Å². The number of halogens is 1. The standard InChI is InChI=1S/C15H15BrN2O3/c1-20-15-11(3-2-8-17-15)9-18-14(19)10-21-13-6-4-12(16)5-7-13/h2-8H,9-10H2,1H3,(H,18,19). The van der Waals surface area contributed by atoms with Crippen molar-refractivity contribution >= 4 is 21.8 Å². The average Bonchev–Trinajstić information content (AvgIpc) is 2.52. The van der Waals surface area contributed by atoms with Crippen LogP contribution in [0.15, 0.2) is 47.1 Å². The number of ether oxygens (including phenoxy) is 2. The Morgan fingerprint density at radius 2 is 2.05 bits per heavy atom. The summed E-state index contributed by atoms with van der Waals surface area (Å²) in [5.41, 5.74) is 0.817. The Labute approximate surface area is 131 Å². The van der Waals surface area contributed by atoms with E-state index >= 15 is 0 Å². The maximum absolute atomic E-state index is 11.7. The Morgan fingerprint density at radius 3 is 2.76 bits per heavy atom. The van der Waals surface area contributed by atoms with Gasteiger partial charge in [0.2, 0.25) is 5.88 Å². The van der Waals surface area contributed by atoms with Crippen molar-refractivity contribution in [1.82, 2.24) is 10.3 Å². The highest BCUT2D eigenvalue weighted by molar-refractivity contribution is 9.10. The SMILES string of the molecule is COc1ncccc1CNC(=O)COc1ccc(Br)cc1. The number of nitrogens with zero attached hydrogens (tertiary/aromatic N) is 1. The van der Waals surface area contributed by atoms with E-state index < -0.39 is 0 Å². The molecule has 0 saturated carbocycles. The number of pyridine rings is 1. The van der Waals surface area contributed by atoms with Gasteiger partial charge < -0.3 is 14.8 Å². The molecule has 1 aromatic heterocycles. The maximum atomic E-state index is 11.7. The minimum absolute atomic E-state index is 0.0375. The molecule has 0 spiro atoms. The summed E-state index contributed by atoms with van der Waals surface area (Å²) >= 11 is 3.34. The summed E-state index contributed by atoms with van der Waals surface area (Å²) in [5.74, 6) is 0.947. The van der Waals surface area contributed by atoms with E-state index in [0.29, 0.717) is 18.2 Å². The number of benzene rings is 1. The third kappa shape index (κ3) is 4.75. The molecule has 1 aromatic carbocycles. The lowest BCUT2D eigenvalue weighted by Crippen LogP contribution is -2.28. The molecule has 0 aliphatic heterocycles. The topological polar surface area (TPSA) is 60.5 Å². The van der Waals surface area contributed by atoms with E-state index in [-0.39, 0.29) is 12.5 Å². The van der Waals surface area contributed by atoms with Gasteiger partial charge in [-0.1, -0.05) is 22.0 Å². The number of hydrogen-bond donors (Lipinski definition) is 1. The summed E-state index contributed by atoms with van der Waals surface area (Å²) in [6.45, 7) is 0.309. The van der Waals surface area contributed by atoms with Gasteiger partial charge in [-0.2, -0.15) is 0 Å². The van der Waals surface area contributed by atoms with Gasteiger partial charge in [0.05, 0.1) is 7.11 Å². The monoisotopic (exact) mass is 350 g/mol. The molecule has 0 radical (unpaired) electrons. The summed E-state index contributed by atoms with van der Waals surface area (Å²) in [7, 11) is 1.55. The molecule has 1 amide bonds. The molecule has 0 saturated heterocycles. The number of aromatic nitrogens is 1. The van der Waals surface area contributed by atoms with Crippen molar-refractivity contribution in [2.75, 3.05) is 13.7 Å². The fourth-order valence-electron chi connectivity index (χ4n) is 1.67. The van der Waals surface area contributed by atoms with Crippen molar-refractivity contribution in [1.29, 1.82) is 0 Å². The van der Waals surface area contributed by atoms with Gasteiger partial charge in [-0.25, -0.2) is 4.98 Å². The molecule has 2 rings (SSSR count). The van der Waals surface area contributed by atoms with E-state index in [0.717, 1.165) is 10.0 Å². The highest BCUT2D eigenvalue weighted by Gasteiger charge is 2.06. The second kappa shape index (κ2) is 7.64. The molecule has 0 unspecified atom stereocenters. The minimum Gasteiger partial charge on any atom is -0.484 e. The Kier molecular flexibility index (Phi) is 5.57. The van der Waals surface area contributed by atoms with E-state index in [9.17, 15) is 4.79 Å². The molecule has 2 aromatic rings. The quantitative estimate of drug-likeness (QED) is 0.869. The lowest BCUT2D eigenvalue weighted by molar-refractivity contribution is -0.123. The van der Waals surface area contributed by atoms with Crippen LogP contribution in [0, 0.1) is 0 Å². The lowest BCUT2D eigenvalue weighted by atomic mass is 10.2. The van der Waals surface area contributed by atoms with Crippen LogP contribution < -0.4 is 14.8 Å². The molecular weight excluding hydrogens is 336 g/mol. The molecule has 21 heavy (non-hydrogen) atoms. The van der Waals surface area contributed by atoms with Gasteiger partial charge in [0.1, 0.15) is 5.75 Å². The van der Waals surface area contributed by atoms with Gasteiger partial charge in [0, 0.05) is 22.8 Å². The van der Waals surface area contributed by atoms with Gasteiger partial charge in [-0.3, -0.25) is 4.79 Å². The molecule has 5 nitrogen and oxygen atoms in total. The molecule has 1 heterocycles. The number of carbonyl (C=O) groups excluding carboxylic acids is 1. The van der Waals surface area contributed by atoms with Crippen molar-refractivity contribution in [3.05, 3.63) is 52.6 Å². The van der Waals surface area contributed by atoms with Crippen molar-refractivity contribution in [3.8, 4) is 11.6 Å². The predicted octanol–water partition coefficient (Wildman–Crippen LogP) is 2.55. The fourth-order valence-corrected chi connectivity index (χ4v) is 1.93. The Bertz CT molecular complexity index is 602. The number of methoxy groups -OCH3 is 1. The first kappa shape index (κ1) is 15.3. The van der Waals surface area contributed by atoms with Crippen LogP contribution >= 0.6 is 15.9 Å². The molecule has 0 fully saturated rings. The predicted molar refractivity (Wildman–Crippen MR) is 82.3 cm³/mol. The van der Waals surface area contributed by atoms with Crippen LogP contribution in [0.5, 0.6) is 11.6 Å². The Balaban J connectivity index is 1.81. The maximum Gasteiger partial charge on any atom is 0.258 e. The van der Waals surface area contributed by atoms with Crippen LogP contribution in [0.3, 0.4) is 0 Å². The van der Waals surface area contributed by atoms with Crippen molar-refractivity contribution in [3.63, 3.8) is 0 Å². The Morgan fingerprint density at radius 1 is 1.29 bits per heavy atom. The molecule has 110 valence electrons. The van der Waals surface area contributed by atoms with Crippen molar-refractivity contribution in [2.24, 2.45) is 0 Å². The zero-order valence-corrected chi connectivity index (χ0v) is 13.1. The zero-order valence-electron chi connectivity index (χ0n) is 11.5. The highest BCUT2D eigenvalue weighted by Crippen LogP contribution is 2.16. The summed E-state index contributed by atoms with van der Waals surface area (Å²) in [6.07, 6.45) is 1.64. The number of nitrogens with one attached hydrogen (secondary N) is 1. The van der Waals surface area contributed by atoms with Crippen molar-refractivity contribution < 1.29 is 14.3 Å². The van der Waals surface area contributed by atoms with Crippen molar-refractivity contribution in [2.45, 2.75) is 6.54 Å².